The van der Waals surface area contributed by atoms with Crippen LogP contribution in [0.3, 0.4) is 0 Å². The molecule has 1 saturated heterocycles. The van der Waals surface area contributed by atoms with Crippen molar-refractivity contribution in [3.8, 4) is 12.3 Å². The summed E-state index contributed by atoms with van der Waals surface area (Å²) in [4.78, 5) is 49.9. The molecule has 1 aliphatic heterocycles. The third-order valence-corrected chi connectivity index (χ3v) is 3.07. The minimum absolute atomic E-state index is 0. The number of nitrogens with zero attached hydrogens (tertiary/aromatic N) is 2. The summed E-state index contributed by atoms with van der Waals surface area (Å²) in [5, 5.41) is 0. The molecule has 1 aromatic rings. The molecule has 1 aliphatic rings. The van der Waals surface area contributed by atoms with Crippen LogP contribution in [0.4, 0.5) is 10.5 Å². The third-order valence-electron chi connectivity index (χ3n) is 3.07. The molecule has 1 heterocycles. The number of barbiturate groups is 1. The number of hydrogen-bond acceptors (Lipinski definition) is 4. The van der Waals surface area contributed by atoms with Crippen molar-refractivity contribution in [1.29, 1.82) is 0 Å². The first-order valence-electron chi connectivity index (χ1n) is 6.17. The molecule has 7 heteroatoms. The van der Waals surface area contributed by atoms with Gasteiger partial charge in [0, 0.05) is 0 Å². The van der Waals surface area contributed by atoms with Crippen molar-refractivity contribution in [3.63, 3.8) is 0 Å². The van der Waals surface area contributed by atoms with E-state index in [1.54, 1.807) is 18.2 Å². The molecule has 22 heavy (non-hydrogen) atoms. The van der Waals surface area contributed by atoms with E-state index < -0.39 is 29.5 Å². The van der Waals surface area contributed by atoms with Gasteiger partial charge in [0.15, 0.2) is 11.7 Å². The van der Waals surface area contributed by atoms with Gasteiger partial charge in [-0.05, 0) is 19.1 Å². The molecule has 4 amide bonds. The molecular formula is C15H13N2NaO4. The van der Waals surface area contributed by atoms with Crippen molar-refractivity contribution in [2.75, 3.05) is 11.4 Å². The van der Waals surface area contributed by atoms with Gasteiger partial charge >= 0.3 is 35.6 Å². The Hall–Kier alpha value is -1.94. The Labute approximate surface area is 149 Å². The van der Waals surface area contributed by atoms with Crippen molar-refractivity contribution < 1.29 is 19.2 Å². The number of imide groups is 2. The number of rotatable bonds is 3. The molecule has 1 aromatic carbocycles. The van der Waals surface area contributed by atoms with E-state index in [2.05, 4.69) is 5.92 Å². The van der Waals surface area contributed by atoms with Crippen LogP contribution in [0, 0.1) is 18.3 Å². The van der Waals surface area contributed by atoms with E-state index in [1.807, 2.05) is 0 Å². The first-order valence-corrected chi connectivity index (χ1v) is 6.17. The van der Waals surface area contributed by atoms with Gasteiger partial charge in [0.1, 0.15) is 0 Å². The number of terminal acetylenes is 1. The molecule has 1 atom stereocenters. The first kappa shape index (κ1) is 18.1. The Morgan fingerprint density at radius 2 is 1.77 bits per heavy atom. The van der Waals surface area contributed by atoms with Gasteiger partial charge in [0.25, 0.3) is 11.8 Å². The van der Waals surface area contributed by atoms with E-state index in [9.17, 15) is 19.2 Å². The zero-order chi connectivity index (χ0) is 15.6. The van der Waals surface area contributed by atoms with Crippen LogP contribution in [0.15, 0.2) is 30.3 Å². The number of carbonyl (C=O) groups excluding carboxylic acids is 4. The molecular weight excluding hydrogens is 295 g/mol. The van der Waals surface area contributed by atoms with Gasteiger partial charge in [-0.2, -0.15) is 0 Å². The predicted molar refractivity (Wildman–Crippen MR) is 81.2 cm³/mol. The van der Waals surface area contributed by atoms with Crippen LogP contribution in [0.5, 0.6) is 0 Å². The van der Waals surface area contributed by atoms with Gasteiger partial charge < -0.3 is 0 Å². The number of para-hydroxylation sites is 1. The maximum atomic E-state index is 12.3. The molecule has 0 bridgehead atoms. The van der Waals surface area contributed by atoms with Gasteiger partial charge in [-0.1, -0.05) is 24.1 Å². The second-order valence-corrected chi connectivity index (χ2v) is 4.46. The topological polar surface area (TPSA) is 74.8 Å². The van der Waals surface area contributed by atoms with Gasteiger partial charge in [0.05, 0.1) is 12.2 Å². The van der Waals surface area contributed by atoms with Crippen LogP contribution in [0.2, 0.25) is 0 Å². The monoisotopic (exact) mass is 308 g/mol. The molecule has 0 radical (unpaired) electrons. The Balaban J connectivity index is 0.00000242. The van der Waals surface area contributed by atoms with E-state index >= 15 is 0 Å². The molecule has 0 aromatic heterocycles. The van der Waals surface area contributed by atoms with E-state index in [4.69, 9.17) is 6.42 Å². The minimum atomic E-state index is -1.53. The second-order valence-electron chi connectivity index (χ2n) is 4.46. The molecule has 0 saturated carbocycles. The quantitative estimate of drug-likeness (QED) is 0.453. The molecule has 0 spiro atoms. The van der Waals surface area contributed by atoms with Gasteiger partial charge in [-0.3, -0.25) is 19.3 Å². The summed E-state index contributed by atoms with van der Waals surface area (Å²) < 4.78 is 0. The van der Waals surface area contributed by atoms with Crippen LogP contribution >= 0.6 is 0 Å². The summed E-state index contributed by atoms with van der Waals surface area (Å²) in [5.74, 6) is -1.70. The summed E-state index contributed by atoms with van der Waals surface area (Å²) in [6.07, 6.45) is 5.14. The number of benzene rings is 1. The zero-order valence-electron chi connectivity index (χ0n) is 11.3. The number of amides is 4. The third kappa shape index (κ3) is 3.12. The number of anilines is 1. The average molecular weight is 308 g/mol. The Morgan fingerprint density at radius 3 is 2.27 bits per heavy atom. The standard InChI is InChI=1S/C15H12N2O4.Na.H/c1-3-9-16-13(19)12(10(2)18)14(20)17(15(16)21)11-7-5-4-6-8-11;;/h1,4-8,12H,9H2,2H3;;. The van der Waals surface area contributed by atoms with Crippen molar-refractivity contribution in [2.24, 2.45) is 5.92 Å². The van der Waals surface area contributed by atoms with E-state index in [0.717, 1.165) is 16.7 Å². The van der Waals surface area contributed by atoms with Crippen LogP contribution in [0.1, 0.15) is 6.92 Å². The van der Waals surface area contributed by atoms with E-state index in [0.29, 0.717) is 0 Å². The predicted octanol–water partition coefficient (Wildman–Crippen LogP) is 0.172. The fourth-order valence-corrected chi connectivity index (χ4v) is 2.10. The van der Waals surface area contributed by atoms with Gasteiger partial charge in [0.2, 0.25) is 0 Å². The molecule has 108 valence electrons. The number of carbonyl (C=O) groups is 4. The van der Waals surface area contributed by atoms with E-state index in [-0.39, 0.29) is 41.8 Å². The molecule has 0 N–H and O–H groups in total. The molecule has 6 nitrogen and oxygen atoms in total. The molecule has 2 rings (SSSR count). The average Bonchev–Trinajstić information content (AvgIpc) is 2.44. The van der Waals surface area contributed by atoms with Crippen LogP contribution in [-0.2, 0) is 14.4 Å². The molecule has 1 unspecified atom stereocenters. The summed E-state index contributed by atoms with van der Waals surface area (Å²) in [6, 6.07) is 7.23. The van der Waals surface area contributed by atoms with Crippen LogP contribution in [0.25, 0.3) is 0 Å². The number of hydrogen-bond donors (Lipinski definition) is 0. The first-order chi connectivity index (χ1) is 9.99. The Morgan fingerprint density at radius 1 is 1.18 bits per heavy atom. The summed E-state index contributed by atoms with van der Waals surface area (Å²) in [7, 11) is 0. The molecule has 1 fully saturated rings. The number of urea groups is 1. The fraction of sp³-hybridized carbons (Fsp3) is 0.200. The molecule has 0 aliphatic carbocycles. The Kier molecular flexibility index (Phi) is 6.06. The van der Waals surface area contributed by atoms with Crippen LogP contribution < -0.4 is 4.90 Å². The SMILES string of the molecule is C#CCN1C(=O)C(C(C)=O)C(=O)N(c2ccccc2)C1=O.[NaH]. The van der Waals surface area contributed by atoms with Crippen molar-refractivity contribution in [1.82, 2.24) is 4.90 Å². The Bertz CT molecular complexity index is 666. The number of Topliss-reactive ketones (excluding diaryl/α,β-unsaturated/α-hetero) is 1. The van der Waals surface area contributed by atoms with Gasteiger partial charge in [-0.25, -0.2) is 9.69 Å². The normalized spacial score (nSPS) is 17.8. The van der Waals surface area contributed by atoms with Crippen LogP contribution in [-0.4, -0.2) is 64.6 Å². The van der Waals surface area contributed by atoms with Crippen molar-refractivity contribution in [3.05, 3.63) is 30.3 Å². The maximum absolute atomic E-state index is 12.3. The zero-order valence-corrected chi connectivity index (χ0v) is 11.3. The van der Waals surface area contributed by atoms with Gasteiger partial charge in [-0.15, -0.1) is 6.42 Å². The summed E-state index contributed by atoms with van der Waals surface area (Å²) in [5.41, 5.74) is 0.285. The number of ketones is 1. The van der Waals surface area contributed by atoms with E-state index in [1.165, 1.54) is 12.1 Å². The fourth-order valence-electron chi connectivity index (χ4n) is 2.10. The van der Waals surface area contributed by atoms with Crippen molar-refractivity contribution >= 4 is 58.9 Å². The second kappa shape index (κ2) is 7.36. The van der Waals surface area contributed by atoms with Crippen molar-refractivity contribution in [2.45, 2.75) is 6.92 Å². The summed E-state index contributed by atoms with van der Waals surface area (Å²) >= 11 is 0. The summed E-state index contributed by atoms with van der Waals surface area (Å²) in [6.45, 7) is 0.839.